The minimum absolute atomic E-state index is 0.0478. The van der Waals surface area contributed by atoms with Crippen LogP contribution in [0.3, 0.4) is 0 Å². The van der Waals surface area contributed by atoms with E-state index >= 15 is 0 Å². The molecule has 5 nitrogen and oxygen atoms in total. The number of carbonyl (C=O) groups is 1. The van der Waals surface area contributed by atoms with E-state index in [0.29, 0.717) is 13.0 Å². The van der Waals surface area contributed by atoms with Gasteiger partial charge in [0.1, 0.15) is 0 Å². The van der Waals surface area contributed by atoms with E-state index in [1.807, 2.05) is 54.9 Å². The number of rotatable bonds is 9. The summed E-state index contributed by atoms with van der Waals surface area (Å²) in [5, 5.41) is 7.69. The Morgan fingerprint density at radius 1 is 1.03 bits per heavy atom. The zero-order valence-electron chi connectivity index (χ0n) is 17.6. The van der Waals surface area contributed by atoms with Crippen molar-refractivity contribution in [2.75, 3.05) is 24.5 Å². The van der Waals surface area contributed by atoms with Gasteiger partial charge in [0.2, 0.25) is 5.91 Å². The Balaban J connectivity index is 1.52. The van der Waals surface area contributed by atoms with Crippen molar-refractivity contribution in [1.82, 2.24) is 15.1 Å². The van der Waals surface area contributed by atoms with Gasteiger partial charge in [-0.15, -0.1) is 0 Å². The van der Waals surface area contributed by atoms with Crippen LogP contribution in [0.15, 0.2) is 60.7 Å². The van der Waals surface area contributed by atoms with Crippen molar-refractivity contribution in [3.8, 4) is 5.69 Å². The number of benzene rings is 2. The topological polar surface area (TPSA) is 50.2 Å². The van der Waals surface area contributed by atoms with Crippen LogP contribution < -0.4 is 10.2 Å². The highest BCUT2D eigenvalue weighted by atomic mass is 16.1. The Morgan fingerprint density at radius 3 is 2.34 bits per heavy atom. The van der Waals surface area contributed by atoms with Crippen molar-refractivity contribution >= 4 is 11.6 Å². The molecule has 29 heavy (non-hydrogen) atoms. The average Bonchev–Trinajstić information content (AvgIpc) is 3.03. The van der Waals surface area contributed by atoms with Gasteiger partial charge in [-0.2, -0.15) is 5.10 Å². The first-order valence-corrected chi connectivity index (χ1v) is 10.3. The van der Waals surface area contributed by atoms with Crippen LogP contribution >= 0.6 is 0 Å². The molecule has 2 aromatic carbocycles. The molecule has 1 heterocycles. The van der Waals surface area contributed by atoms with Gasteiger partial charge in [0, 0.05) is 36.6 Å². The second kappa shape index (κ2) is 9.92. The number of anilines is 1. The first-order valence-electron chi connectivity index (χ1n) is 10.3. The number of hydrogen-bond donors (Lipinski definition) is 1. The van der Waals surface area contributed by atoms with E-state index in [-0.39, 0.29) is 5.91 Å². The molecule has 0 saturated heterocycles. The molecule has 5 heteroatoms. The molecule has 0 aliphatic rings. The lowest BCUT2D eigenvalue weighted by atomic mass is 10.1. The second-order valence-corrected chi connectivity index (χ2v) is 7.19. The predicted octanol–water partition coefficient (Wildman–Crippen LogP) is 4.06. The lowest BCUT2D eigenvalue weighted by Crippen LogP contribution is -2.30. The molecular formula is C24H30N4O. The van der Waals surface area contributed by atoms with E-state index in [1.54, 1.807) is 0 Å². The summed E-state index contributed by atoms with van der Waals surface area (Å²) in [6.45, 7) is 8.69. The summed E-state index contributed by atoms with van der Waals surface area (Å²) in [6, 6.07) is 20.4. The molecule has 0 bridgehead atoms. The molecule has 1 N–H and O–H groups in total. The van der Waals surface area contributed by atoms with Crippen LogP contribution in [-0.2, 0) is 11.2 Å². The molecule has 0 aliphatic heterocycles. The maximum absolute atomic E-state index is 12.5. The minimum Gasteiger partial charge on any atom is -0.372 e. The molecule has 3 aromatic rings. The monoisotopic (exact) mass is 390 g/mol. The van der Waals surface area contributed by atoms with Crippen LogP contribution in [0.5, 0.6) is 0 Å². The van der Waals surface area contributed by atoms with Crippen LogP contribution in [0.2, 0.25) is 0 Å². The fourth-order valence-corrected chi connectivity index (χ4v) is 3.58. The lowest BCUT2D eigenvalue weighted by molar-refractivity contribution is -0.120. The maximum atomic E-state index is 12.5. The molecule has 0 spiro atoms. The smallest absolute Gasteiger partial charge is 0.224 e. The zero-order valence-corrected chi connectivity index (χ0v) is 17.6. The number of nitrogens with one attached hydrogen (secondary N) is 1. The molecule has 0 aliphatic carbocycles. The van der Waals surface area contributed by atoms with Crippen LogP contribution in [-0.4, -0.2) is 35.3 Å². The molecule has 0 radical (unpaired) electrons. The second-order valence-electron chi connectivity index (χ2n) is 7.19. The molecular weight excluding hydrogens is 360 g/mol. The first-order chi connectivity index (χ1) is 14.1. The van der Waals surface area contributed by atoms with Crippen molar-refractivity contribution in [2.45, 2.75) is 33.6 Å². The largest absolute Gasteiger partial charge is 0.372 e. The third kappa shape index (κ3) is 5.25. The van der Waals surface area contributed by atoms with Crippen LogP contribution in [0.4, 0.5) is 5.69 Å². The summed E-state index contributed by atoms with van der Waals surface area (Å²) in [5.41, 5.74) is 5.17. The summed E-state index contributed by atoms with van der Waals surface area (Å²) < 4.78 is 1.91. The summed E-state index contributed by atoms with van der Waals surface area (Å²) in [5.74, 6) is 0.0478. The van der Waals surface area contributed by atoms with Crippen molar-refractivity contribution < 1.29 is 4.79 Å². The number of aromatic nitrogens is 2. The Kier molecular flexibility index (Phi) is 7.06. The summed E-state index contributed by atoms with van der Waals surface area (Å²) in [4.78, 5) is 14.8. The van der Waals surface area contributed by atoms with Gasteiger partial charge in [-0.25, -0.2) is 4.68 Å². The molecule has 152 valence electrons. The summed E-state index contributed by atoms with van der Waals surface area (Å²) in [7, 11) is 0. The summed E-state index contributed by atoms with van der Waals surface area (Å²) in [6.07, 6.45) is 1.27. The molecule has 1 aromatic heterocycles. The van der Waals surface area contributed by atoms with Gasteiger partial charge in [0.25, 0.3) is 0 Å². The van der Waals surface area contributed by atoms with Crippen molar-refractivity contribution in [3.05, 3.63) is 77.6 Å². The molecule has 3 rings (SSSR count). The molecule has 0 saturated carbocycles. The Morgan fingerprint density at radius 2 is 1.69 bits per heavy atom. The number of carbonyl (C=O) groups excluding carboxylic acids is 1. The van der Waals surface area contributed by atoms with Gasteiger partial charge in [-0.3, -0.25) is 4.79 Å². The van der Waals surface area contributed by atoms with Gasteiger partial charge in [-0.05, 0) is 51.5 Å². The van der Waals surface area contributed by atoms with Gasteiger partial charge in [0.05, 0.1) is 17.8 Å². The Bertz CT molecular complexity index is 919. The molecule has 0 unspecified atom stereocenters. The van der Waals surface area contributed by atoms with Crippen molar-refractivity contribution in [2.24, 2.45) is 0 Å². The standard InChI is InChI=1S/C24H30N4O/c1-4-27(21-12-7-5-8-13-21)17-11-16-25-24(29)18-23-19(2)26-28(20(23)3)22-14-9-6-10-15-22/h5-10,12-15H,4,11,16-18H2,1-3H3,(H,25,29). The number of hydrogen-bond acceptors (Lipinski definition) is 3. The van der Waals surface area contributed by atoms with E-state index in [0.717, 1.165) is 42.1 Å². The number of aryl methyl sites for hydroxylation is 1. The van der Waals surface area contributed by atoms with Gasteiger partial charge in [-0.1, -0.05) is 36.4 Å². The fourth-order valence-electron chi connectivity index (χ4n) is 3.58. The maximum Gasteiger partial charge on any atom is 0.224 e. The van der Waals surface area contributed by atoms with Crippen LogP contribution in [0.25, 0.3) is 5.69 Å². The van der Waals surface area contributed by atoms with Gasteiger partial charge in [0.15, 0.2) is 0 Å². The molecule has 0 atom stereocenters. The lowest BCUT2D eigenvalue weighted by Gasteiger charge is -2.23. The fraction of sp³-hybridized carbons (Fsp3) is 0.333. The van der Waals surface area contributed by atoms with E-state index < -0.39 is 0 Å². The predicted molar refractivity (Wildman–Crippen MR) is 119 cm³/mol. The highest BCUT2D eigenvalue weighted by Crippen LogP contribution is 2.18. The quantitative estimate of drug-likeness (QED) is 0.561. The third-order valence-electron chi connectivity index (χ3n) is 5.21. The Labute approximate surface area is 173 Å². The zero-order chi connectivity index (χ0) is 20.6. The van der Waals surface area contributed by atoms with E-state index in [9.17, 15) is 4.79 Å². The van der Waals surface area contributed by atoms with Crippen molar-refractivity contribution in [1.29, 1.82) is 0 Å². The number of amides is 1. The minimum atomic E-state index is 0.0478. The normalized spacial score (nSPS) is 10.7. The van der Waals surface area contributed by atoms with Gasteiger partial charge < -0.3 is 10.2 Å². The van der Waals surface area contributed by atoms with Crippen molar-refractivity contribution in [3.63, 3.8) is 0 Å². The van der Waals surface area contributed by atoms with E-state index in [1.165, 1.54) is 5.69 Å². The van der Waals surface area contributed by atoms with E-state index in [4.69, 9.17) is 0 Å². The molecule has 0 fully saturated rings. The van der Waals surface area contributed by atoms with Crippen LogP contribution in [0, 0.1) is 13.8 Å². The van der Waals surface area contributed by atoms with Crippen LogP contribution in [0.1, 0.15) is 30.3 Å². The average molecular weight is 391 g/mol. The summed E-state index contributed by atoms with van der Waals surface area (Å²) >= 11 is 0. The van der Waals surface area contributed by atoms with Gasteiger partial charge >= 0.3 is 0 Å². The van der Waals surface area contributed by atoms with E-state index in [2.05, 4.69) is 46.5 Å². The Hall–Kier alpha value is -3.08. The molecule has 1 amide bonds. The number of nitrogens with zero attached hydrogens (tertiary/aromatic N) is 3. The first kappa shape index (κ1) is 20.6. The highest BCUT2D eigenvalue weighted by Gasteiger charge is 2.15. The third-order valence-corrected chi connectivity index (χ3v) is 5.21. The SMILES string of the molecule is CCN(CCCNC(=O)Cc1c(C)nn(-c2ccccc2)c1C)c1ccccc1. The number of para-hydroxylation sites is 2. The highest BCUT2D eigenvalue weighted by molar-refractivity contribution is 5.79.